The number of anilines is 1. The highest BCUT2D eigenvalue weighted by atomic mass is 32.1. The molecule has 1 aromatic heterocycles. The van der Waals surface area contributed by atoms with Crippen LogP contribution in [0.3, 0.4) is 0 Å². The summed E-state index contributed by atoms with van der Waals surface area (Å²) in [5.74, 6) is -0.443. The quantitative estimate of drug-likeness (QED) is 0.0593. The van der Waals surface area contributed by atoms with Gasteiger partial charge in [0.05, 0.1) is 23.9 Å². The molecule has 45 heavy (non-hydrogen) atoms. The zero-order valence-electron chi connectivity index (χ0n) is 24.8. The van der Waals surface area contributed by atoms with E-state index in [-0.39, 0.29) is 11.8 Å². The van der Waals surface area contributed by atoms with E-state index in [2.05, 4.69) is 52.4 Å². The summed E-state index contributed by atoms with van der Waals surface area (Å²) in [5, 5.41) is 18.7. The Hall–Kier alpha value is -4.92. The number of esters is 1. The minimum Gasteiger partial charge on any atom is -0.494 e. The van der Waals surface area contributed by atoms with Gasteiger partial charge in [0.25, 0.3) is 0 Å². The summed E-state index contributed by atoms with van der Waals surface area (Å²) in [7, 11) is 0. The number of hydrogen-bond donors (Lipinski definition) is 3. The van der Waals surface area contributed by atoms with Gasteiger partial charge in [-0.05, 0) is 84.8 Å². The number of hydrogen-bond acceptors (Lipinski definition) is 7. The average Bonchev–Trinajstić information content (AvgIpc) is 3.61. The van der Waals surface area contributed by atoms with Gasteiger partial charge in [0.2, 0.25) is 0 Å². The van der Waals surface area contributed by atoms with Crippen molar-refractivity contribution in [3.63, 3.8) is 0 Å². The number of thiophene rings is 1. The van der Waals surface area contributed by atoms with Crippen LogP contribution in [-0.4, -0.2) is 36.2 Å². The third-order valence-electron chi connectivity index (χ3n) is 7.27. The van der Waals surface area contributed by atoms with Gasteiger partial charge in [-0.2, -0.15) is 0 Å². The zero-order valence-corrected chi connectivity index (χ0v) is 25.6. The Morgan fingerprint density at radius 2 is 1.51 bits per heavy atom. The molecule has 0 fully saturated rings. The van der Waals surface area contributed by atoms with Crippen molar-refractivity contribution in [1.29, 1.82) is 0 Å². The molecule has 230 valence electrons. The van der Waals surface area contributed by atoms with Crippen molar-refractivity contribution >= 4 is 29.0 Å². The molecule has 0 radical (unpaired) electrons. The van der Waals surface area contributed by atoms with Gasteiger partial charge < -0.3 is 25.2 Å². The lowest BCUT2D eigenvalue weighted by molar-refractivity contribution is -0.138. The Balaban J connectivity index is 1.08. The van der Waals surface area contributed by atoms with Crippen molar-refractivity contribution < 1.29 is 24.2 Å². The first-order valence-corrected chi connectivity index (χ1v) is 15.8. The highest BCUT2D eigenvalue weighted by Gasteiger charge is 2.20. The van der Waals surface area contributed by atoms with E-state index >= 15 is 0 Å². The van der Waals surface area contributed by atoms with Crippen molar-refractivity contribution in [3.8, 4) is 11.5 Å². The maximum atomic E-state index is 12.6. The minimum absolute atomic E-state index is 0.160. The van der Waals surface area contributed by atoms with Crippen LogP contribution in [0.1, 0.15) is 45.2 Å². The summed E-state index contributed by atoms with van der Waals surface area (Å²) >= 11 is 1.75. The fourth-order valence-corrected chi connectivity index (χ4v) is 5.74. The lowest BCUT2D eigenvalue weighted by Gasteiger charge is -2.18. The van der Waals surface area contributed by atoms with E-state index in [0.717, 1.165) is 24.3 Å². The van der Waals surface area contributed by atoms with Crippen molar-refractivity contribution in [3.05, 3.63) is 148 Å². The number of aryl methyl sites for hydroxylation is 1. The normalized spacial score (nSPS) is 12.2. The van der Waals surface area contributed by atoms with Crippen LogP contribution >= 0.6 is 11.3 Å². The Morgan fingerprint density at radius 3 is 2.22 bits per heavy atom. The first kappa shape index (κ1) is 31.5. The third kappa shape index (κ3) is 9.28. The lowest BCUT2D eigenvalue weighted by atomic mass is 10.0. The number of carboxylic acid groups (broad SMARTS) is 1. The number of carbonyl (C=O) groups is 2. The predicted octanol–water partition coefficient (Wildman–Crippen LogP) is 7.61. The molecule has 8 heteroatoms. The number of carbonyl (C=O) groups excluding carboxylic acids is 1. The molecule has 1 heterocycles. The fraction of sp³-hybridized carbons (Fsp3) is 0.189. The van der Waals surface area contributed by atoms with Gasteiger partial charge in [0, 0.05) is 4.88 Å². The molecule has 0 aliphatic heterocycles. The summed E-state index contributed by atoms with van der Waals surface area (Å²) in [6, 6.07) is 37.2. The lowest BCUT2D eigenvalue weighted by Crippen LogP contribution is -2.30. The van der Waals surface area contributed by atoms with Crippen LogP contribution in [-0.2, 0) is 11.2 Å². The molecule has 0 aliphatic rings. The highest BCUT2D eigenvalue weighted by molar-refractivity contribution is 7.10. The number of carboxylic acids is 1. The SMILES string of the molecule is O=C(Oc1ccccc1NC(CCc1ccc(OCCCNC(c2ccccc2)c2cccs2)cc1)C(=O)O)c1ccccc1. The summed E-state index contributed by atoms with van der Waals surface area (Å²) in [5.41, 5.74) is 3.10. The second-order valence-corrected chi connectivity index (χ2v) is 11.5. The summed E-state index contributed by atoms with van der Waals surface area (Å²) in [4.78, 5) is 26.0. The number of rotatable bonds is 16. The van der Waals surface area contributed by atoms with E-state index in [0.29, 0.717) is 30.7 Å². The van der Waals surface area contributed by atoms with Crippen molar-refractivity contribution in [2.75, 3.05) is 18.5 Å². The molecule has 2 atom stereocenters. The number of benzene rings is 4. The smallest absolute Gasteiger partial charge is 0.343 e. The standard InChI is InChI=1S/C37H36N2O5S/c40-36(41)32(39-31-15-7-8-16-33(31)44-37(42)29-13-5-2-6-14-29)23-20-27-18-21-30(22-19-27)43-25-10-24-38-35(34-17-9-26-45-34)28-11-3-1-4-12-28/h1-9,11-19,21-22,26,32,35,38-39H,10,20,23-25H2,(H,40,41). The highest BCUT2D eigenvalue weighted by Crippen LogP contribution is 2.27. The van der Waals surface area contributed by atoms with Crippen LogP contribution in [0.25, 0.3) is 0 Å². The molecular weight excluding hydrogens is 584 g/mol. The van der Waals surface area contributed by atoms with Crippen LogP contribution in [0.5, 0.6) is 11.5 Å². The number of para-hydroxylation sites is 2. The molecule has 0 spiro atoms. The summed E-state index contributed by atoms with van der Waals surface area (Å²) < 4.78 is 11.5. The monoisotopic (exact) mass is 620 g/mol. The molecule has 5 rings (SSSR count). The average molecular weight is 621 g/mol. The van der Waals surface area contributed by atoms with Gasteiger partial charge in [-0.1, -0.05) is 78.9 Å². The van der Waals surface area contributed by atoms with Crippen LogP contribution in [0.2, 0.25) is 0 Å². The first-order valence-electron chi connectivity index (χ1n) is 15.0. The molecule has 2 unspecified atom stereocenters. The molecule has 3 N–H and O–H groups in total. The Kier molecular flexibility index (Phi) is 11.4. The minimum atomic E-state index is -0.985. The molecule has 5 aromatic rings. The van der Waals surface area contributed by atoms with E-state index in [1.165, 1.54) is 10.4 Å². The number of aliphatic carboxylic acids is 1. The molecule has 4 aromatic carbocycles. The van der Waals surface area contributed by atoms with Crippen molar-refractivity contribution in [1.82, 2.24) is 5.32 Å². The van der Waals surface area contributed by atoms with E-state index in [9.17, 15) is 14.7 Å². The van der Waals surface area contributed by atoms with Crippen molar-refractivity contribution in [2.24, 2.45) is 0 Å². The molecule has 0 saturated carbocycles. The van der Waals surface area contributed by atoms with Crippen LogP contribution < -0.4 is 20.1 Å². The van der Waals surface area contributed by atoms with Crippen LogP contribution in [0.4, 0.5) is 5.69 Å². The van der Waals surface area contributed by atoms with Crippen LogP contribution in [0.15, 0.2) is 127 Å². The molecule has 0 aliphatic carbocycles. The second kappa shape index (κ2) is 16.2. The summed E-state index contributed by atoms with van der Waals surface area (Å²) in [6.45, 7) is 1.39. The van der Waals surface area contributed by atoms with Gasteiger partial charge in [0.15, 0.2) is 5.75 Å². The van der Waals surface area contributed by atoms with E-state index in [1.807, 2.05) is 36.4 Å². The van der Waals surface area contributed by atoms with Crippen LogP contribution in [0, 0.1) is 0 Å². The number of ether oxygens (including phenoxy) is 2. The maximum absolute atomic E-state index is 12.6. The Bertz CT molecular complexity index is 1630. The van der Waals surface area contributed by atoms with E-state index < -0.39 is 18.0 Å². The van der Waals surface area contributed by atoms with Gasteiger partial charge in [-0.3, -0.25) is 0 Å². The van der Waals surface area contributed by atoms with Crippen molar-refractivity contribution in [2.45, 2.75) is 31.3 Å². The van der Waals surface area contributed by atoms with Gasteiger partial charge in [-0.25, -0.2) is 9.59 Å². The first-order chi connectivity index (χ1) is 22.1. The second-order valence-electron chi connectivity index (χ2n) is 10.5. The Morgan fingerprint density at radius 1 is 0.800 bits per heavy atom. The molecule has 0 saturated heterocycles. The molecule has 0 bridgehead atoms. The topological polar surface area (TPSA) is 96.9 Å². The fourth-order valence-electron chi connectivity index (χ4n) is 4.91. The predicted molar refractivity (Wildman–Crippen MR) is 178 cm³/mol. The third-order valence-corrected chi connectivity index (χ3v) is 8.21. The van der Waals surface area contributed by atoms with Gasteiger partial charge in [-0.15, -0.1) is 11.3 Å². The largest absolute Gasteiger partial charge is 0.494 e. The van der Waals surface area contributed by atoms with E-state index in [4.69, 9.17) is 9.47 Å². The molecule has 0 amide bonds. The molecule has 7 nitrogen and oxygen atoms in total. The molecular formula is C37H36N2O5S. The number of nitrogens with one attached hydrogen (secondary N) is 2. The maximum Gasteiger partial charge on any atom is 0.343 e. The Labute approximate surface area is 267 Å². The van der Waals surface area contributed by atoms with E-state index in [1.54, 1.807) is 59.9 Å². The van der Waals surface area contributed by atoms with Gasteiger partial charge in [0.1, 0.15) is 11.8 Å². The summed E-state index contributed by atoms with van der Waals surface area (Å²) in [6.07, 6.45) is 1.74. The zero-order chi connectivity index (χ0) is 31.3. The van der Waals surface area contributed by atoms with Gasteiger partial charge >= 0.3 is 11.9 Å².